The SMILES string of the molecule is Cc1nnc(C2(C[C@@H](C)NCC(=O)N3C(C#N)C[C@@H]4C[C@@H]43)c3ccc(C(N)=O)cc3CCc3cc(C(N)=O)ccc32)o1. The van der Waals surface area contributed by atoms with Gasteiger partial charge in [0.05, 0.1) is 12.6 Å². The lowest BCUT2D eigenvalue weighted by atomic mass is 9.68. The van der Waals surface area contributed by atoms with Crippen molar-refractivity contribution >= 4 is 17.7 Å². The summed E-state index contributed by atoms with van der Waals surface area (Å²) in [5.41, 5.74) is 14.6. The molecule has 1 saturated carbocycles. The van der Waals surface area contributed by atoms with Gasteiger partial charge in [-0.15, -0.1) is 10.2 Å². The van der Waals surface area contributed by atoms with Gasteiger partial charge in [-0.25, -0.2) is 0 Å². The van der Waals surface area contributed by atoms with Gasteiger partial charge < -0.3 is 26.1 Å². The van der Waals surface area contributed by atoms with Crippen molar-refractivity contribution in [2.24, 2.45) is 17.4 Å². The van der Waals surface area contributed by atoms with Crippen LogP contribution in [0.2, 0.25) is 0 Å². The number of rotatable bonds is 8. The van der Waals surface area contributed by atoms with Crippen molar-refractivity contribution in [2.45, 2.75) is 69.5 Å². The number of likely N-dealkylation sites (tertiary alicyclic amines) is 1. The van der Waals surface area contributed by atoms with E-state index >= 15 is 0 Å². The first-order valence-corrected chi connectivity index (χ1v) is 14.2. The number of nitrogens with one attached hydrogen (secondary N) is 1. The number of carbonyl (C=O) groups is 3. The first kappa shape index (κ1) is 27.6. The third-order valence-corrected chi connectivity index (χ3v) is 9.01. The summed E-state index contributed by atoms with van der Waals surface area (Å²) in [6.45, 7) is 3.80. The number of benzene rings is 2. The number of nitrogens with zero attached hydrogens (tertiary/aromatic N) is 4. The van der Waals surface area contributed by atoms with Gasteiger partial charge in [-0.05, 0) is 91.5 Å². The highest BCUT2D eigenvalue weighted by Crippen LogP contribution is 2.49. The molecule has 2 aliphatic carbocycles. The Hall–Kier alpha value is -4.56. The van der Waals surface area contributed by atoms with Crippen molar-refractivity contribution in [3.8, 4) is 6.07 Å². The van der Waals surface area contributed by atoms with Gasteiger partial charge in [0, 0.05) is 30.1 Å². The summed E-state index contributed by atoms with van der Waals surface area (Å²) in [5, 5.41) is 21.6. The minimum absolute atomic E-state index is 0.0834. The molecule has 2 heterocycles. The second-order valence-corrected chi connectivity index (χ2v) is 11.7. The van der Waals surface area contributed by atoms with Crippen LogP contribution in [0.4, 0.5) is 0 Å². The molecule has 216 valence electrons. The number of hydrogen-bond acceptors (Lipinski definition) is 8. The van der Waals surface area contributed by atoms with Crippen molar-refractivity contribution in [3.05, 3.63) is 81.6 Å². The Balaban J connectivity index is 1.42. The minimum atomic E-state index is -0.978. The van der Waals surface area contributed by atoms with Crippen LogP contribution in [0, 0.1) is 24.2 Å². The fourth-order valence-corrected chi connectivity index (χ4v) is 6.98. The maximum absolute atomic E-state index is 13.2. The molecule has 2 aromatic carbocycles. The zero-order chi connectivity index (χ0) is 29.8. The largest absolute Gasteiger partial charge is 0.424 e. The molecule has 5 N–H and O–H groups in total. The monoisotopic (exact) mass is 567 g/mol. The van der Waals surface area contributed by atoms with E-state index in [9.17, 15) is 19.6 Å². The zero-order valence-corrected chi connectivity index (χ0v) is 23.6. The van der Waals surface area contributed by atoms with E-state index in [-0.39, 0.29) is 30.6 Å². The molecule has 11 heteroatoms. The molecule has 11 nitrogen and oxygen atoms in total. The average Bonchev–Trinajstić information content (AvgIpc) is 3.46. The van der Waals surface area contributed by atoms with E-state index in [2.05, 4.69) is 21.6 Å². The first-order valence-electron chi connectivity index (χ1n) is 14.2. The van der Waals surface area contributed by atoms with Crippen molar-refractivity contribution in [3.63, 3.8) is 0 Å². The second-order valence-electron chi connectivity index (χ2n) is 11.7. The number of nitriles is 1. The second kappa shape index (κ2) is 10.4. The number of hydrogen-bond donors (Lipinski definition) is 3. The molecule has 0 spiro atoms. The lowest BCUT2D eigenvalue weighted by Gasteiger charge is -2.36. The van der Waals surface area contributed by atoms with Crippen LogP contribution in [0.5, 0.6) is 0 Å². The van der Waals surface area contributed by atoms with Gasteiger partial charge in [0.2, 0.25) is 29.5 Å². The Bertz CT molecular complexity index is 1570. The summed E-state index contributed by atoms with van der Waals surface area (Å²) in [7, 11) is 0. The molecule has 0 bridgehead atoms. The molecule has 1 aromatic heterocycles. The highest BCUT2D eigenvalue weighted by molar-refractivity contribution is 5.94. The molecular weight excluding hydrogens is 534 g/mol. The predicted octanol–water partition coefficient (Wildman–Crippen LogP) is 1.89. The highest BCUT2D eigenvalue weighted by Gasteiger charge is 2.54. The van der Waals surface area contributed by atoms with Crippen molar-refractivity contribution < 1.29 is 18.8 Å². The van der Waals surface area contributed by atoms with Gasteiger partial charge in [0.25, 0.3) is 0 Å². The summed E-state index contributed by atoms with van der Waals surface area (Å²) in [6.07, 6.45) is 3.28. The normalized spacial score (nSPS) is 22.2. The van der Waals surface area contributed by atoms with Gasteiger partial charge >= 0.3 is 0 Å². The smallest absolute Gasteiger partial charge is 0.248 e. The lowest BCUT2D eigenvalue weighted by Crippen LogP contribution is -2.46. The lowest BCUT2D eigenvalue weighted by molar-refractivity contribution is -0.131. The number of amides is 3. The first-order chi connectivity index (χ1) is 20.1. The van der Waals surface area contributed by atoms with Crippen molar-refractivity contribution in [1.82, 2.24) is 20.4 Å². The Morgan fingerprint density at radius 2 is 1.69 bits per heavy atom. The van der Waals surface area contributed by atoms with Gasteiger partial charge in [-0.2, -0.15) is 5.26 Å². The van der Waals surface area contributed by atoms with Gasteiger partial charge in [-0.3, -0.25) is 14.4 Å². The maximum Gasteiger partial charge on any atom is 0.248 e. The van der Waals surface area contributed by atoms with Crippen LogP contribution in [0.3, 0.4) is 0 Å². The number of piperidine rings is 1. The molecule has 4 atom stereocenters. The number of fused-ring (bicyclic) bond motifs is 3. The van der Waals surface area contributed by atoms with Crippen molar-refractivity contribution in [1.29, 1.82) is 5.26 Å². The molecule has 1 saturated heterocycles. The number of aromatic nitrogens is 2. The third kappa shape index (κ3) is 4.61. The fourth-order valence-electron chi connectivity index (χ4n) is 6.98. The third-order valence-electron chi connectivity index (χ3n) is 9.01. The summed E-state index contributed by atoms with van der Waals surface area (Å²) >= 11 is 0. The van der Waals surface area contributed by atoms with Gasteiger partial charge in [0.1, 0.15) is 11.5 Å². The Morgan fingerprint density at radius 1 is 1.07 bits per heavy atom. The van der Waals surface area contributed by atoms with Crippen LogP contribution in [-0.2, 0) is 23.1 Å². The Morgan fingerprint density at radius 3 is 2.21 bits per heavy atom. The van der Waals surface area contributed by atoms with Crippen LogP contribution in [-0.4, -0.2) is 57.5 Å². The van der Waals surface area contributed by atoms with Crippen molar-refractivity contribution in [2.75, 3.05) is 6.54 Å². The maximum atomic E-state index is 13.2. The molecule has 1 unspecified atom stereocenters. The fraction of sp³-hybridized carbons (Fsp3) is 0.419. The molecule has 3 amide bonds. The Kier molecular flexibility index (Phi) is 6.81. The van der Waals surface area contributed by atoms with E-state index in [0.717, 1.165) is 35.1 Å². The summed E-state index contributed by atoms with van der Waals surface area (Å²) < 4.78 is 6.16. The van der Waals surface area contributed by atoms with E-state index in [4.69, 9.17) is 15.9 Å². The Labute approximate surface area is 243 Å². The highest BCUT2D eigenvalue weighted by atomic mass is 16.4. The van der Waals surface area contributed by atoms with Crippen LogP contribution in [0.25, 0.3) is 0 Å². The standard InChI is InChI=1S/C31H33N7O4/c1-16(35-15-27(39)38-23(14-32)11-22-12-26(22)38)13-31(30-37-36-17(2)42-30)24-7-5-20(28(33)40)9-18(24)3-4-19-10-21(29(34)41)6-8-25(19)31/h5-10,16,22-23,26,35H,3-4,11-13,15H2,1-2H3,(H2,33,40)(H2,34,41)/t16-,22-,23?,26+/m1/s1. The summed E-state index contributed by atoms with van der Waals surface area (Å²) in [4.78, 5) is 39.2. The number of primary amides is 2. The predicted molar refractivity (Wildman–Crippen MR) is 151 cm³/mol. The average molecular weight is 568 g/mol. The number of aryl methyl sites for hydroxylation is 3. The van der Waals surface area contributed by atoms with E-state index in [1.54, 1.807) is 36.1 Å². The molecule has 3 aromatic rings. The molecular formula is C31H33N7O4. The zero-order valence-electron chi connectivity index (χ0n) is 23.6. The molecule has 3 aliphatic rings. The van der Waals surface area contributed by atoms with Crippen LogP contribution >= 0.6 is 0 Å². The van der Waals surface area contributed by atoms with Crippen LogP contribution in [0.1, 0.15) is 80.9 Å². The molecule has 2 fully saturated rings. The van der Waals surface area contributed by atoms with Crippen LogP contribution < -0.4 is 16.8 Å². The van der Waals surface area contributed by atoms with E-state index in [1.807, 2.05) is 19.1 Å². The summed E-state index contributed by atoms with van der Waals surface area (Å²) in [5.74, 6) is 0.0609. The summed E-state index contributed by atoms with van der Waals surface area (Å²) in [6, 6.07) is 12.6. The quantitative estimate of drug-likeness (QED) is 0.369. The number of nitrogens with two attached hydrogens (primary N) is 2. The minimum Gasteiger partial charge on any atom is -0.424 e. The van der Waals surface area contributed by atoms with E-state index in [0.29, 0.717) is 48.1 Å². The van der Waals surface area contributed by atoms with Gasteiger partial charge in [0.15, 0.2) is 0 Å². The van der Waals surface area contributed by atoms with Gasteiger partial charge in [-0.1, -0.05) is 12.1 Å². The number of carbonyl (C=O) groups excluding carboxylic acids is 3. The molecule has 42 heavy (non-hydrogen) atoms. The molecule has 6 rings (SSSR count). The molecule has 0 radical (unpaired) electrons. The van der Waals surface area contributed by atoms with E-state index < -0.39 is 17.2 Å². The topological polar surface area (TPSA) is 181 Å². The van der Waals surface area contributed by atoms with E-state index in [1.165, 1.54) is 0 Å². The molecule has 1 aliphatic heterocycles. The van der Waals surface area contributed by atoms with Crippen LogP contribution in [0.15, 0.2) is 40.8 Å².